The molecule has 1 saturated carbocycles. The van der Waals surface area contributed by atoms with Gasteiger partial charge in [0.25, 0.3) is 0 Å². The van der Waals surface area contributed by atoms with Crippen molar-refractivity contribution in [1.29, 1.82) is 0 Å². The highest BCUT2D eigenvalue weighted by Gasteiger charge is 2.37. The van der Waals surface area contributed by atoms with Crippen molar-refractivity contribution in [2.24, 2.45) is 5.92 Å². The highest BCUT2D eigenvalue weighted by atomic mass is 16.5. The van der Waals surface area contributed by atoms with Crippen molar-refractivity contribution >= 4 is 17.6 Å². The van der Waals surface area contributed by atoms with Crippen LogP contribution >= 0.6 is 0 Å². The monoisotopic (exact) mass is 474 g/mol. The molecule has 3 amide bonds. The van der Waals surface area contributed by atoms with Crippen LogP contribution in [0.1, 0.15) is 44.9 Å². The molecule has 1 aliphatic heterocycles. The van der Waals surface area contributed by atoms with E-state index >= 15 is 0 Å². The first-order chi connectivity index (χ1) is 17.0. The number of nitrogens with one attached hydrogen (secondary N) is 2. The number of amides is 3. The van der Waals surface area contributed by atoms with Crippen molar-refractivity contribution in [2.75, 3.05) is 25.5 Å². The number of nitrogens with zero attached hydrogens (tertiary/aromatic N) is 2. The number of hydrogen-bond donors (Lipinski definition) is 2. The van der Waals surface area contributed by atoms with Crippen LogP contribution in [0.25, 0.3) is 0 Å². The van der Waals surface area contributed by atoms with E-state index in [2.05, 4.69) is 27.7 Å². The number of ether oxygens (including phenoxy) is 1. The first kappa shape index (κ1) is 23.3. The first-order valence-corrected chi connectivity index (χ1v) is 12.7. The summed E-state index contributed by atoms with van der Waals surface area (Å²) in [6.45, 7) is 1.87. The molecule has 184 valence electrons. The normalized spacial score (nSPS) is 21.6. The third-order valence-corrected chi connectivity index (χ3v) is 7.13. The Morgan fingerprint density at radius 2 is 1.83 bits per heavy atom. The summed E-state index contributed by atoms with van der Waals surface area (Å²) >= 11 is 0. The number of anilines is 1. The molecule has 0 aromatic heterocycles. The molecule has 35 heavy (non-hydrogen) atoms. The maximum atomic E-state index is 12.5. The topological polar surface area (TPSA) is 73.9 Å². The van der Waals surface area contributed by atoms with Gasteiger partial charge in [0.05, 0.1) is 6.04 Å². The van der Waals surface area contributed by atoms with Crippen molar-refractivity contribution < 1.29 is 14.3 Å². The van der Waals surface area contributed by atoms with Crippen molar-refractivity contribution in [3.63, 3.8) is 0 Å². The minimum absolute atomic E-state index is 0.247. The number of likely N-dealkylation sites (N-methyl/N-ethyl adjacent to an activating group) is 1. The van der Waals surface area contributed by atoms with Crippen LogP contribution in [0.2, 0.25) is 0 Å². The van der Waals surface area contributed by atoms with Gasteiger partial charge < -0.3 is 25.2 Å². The van der Waals surface area contributed by atoms with Gasteiger partial charge >= 0.3 is 6.03 Å². The second-order valence-electron chi connectivity index (χ2n) is 9.77. The lowest BCUT2D eigenvalue weighted by molar-refractivity contribution is -0.133. The van der Waals surface area contributed by atoms with Crippen LogP contribution < -0.4 is 15.4 Å². The summed E-state index contributed by atoms with van der Waals surface area (Å²) in [7, 11) is 1.96. The van der Waals surface area contributed by atoms with Crippen molar-refractivity contribution in [1.82, 2.24) is 15.1 Å². The van der Waals surface area contributed by atoms with Gasteiger partial charge in [0.15, 0.2) is 0 Å². The van der Waals surface area contributed by atoms with Gasteiger partial charge in [0.1, 0.15) is 11.5 Å². The smallest absolute Gasteiger partial charge is 0.323 e. The maximum Gasteiger partial charge on any atom is 0.323 e. The maximum absolute atomic E-state index is 12.5. The van der Waals surface area contributed by atoms with Crippen molar-refractivity contribution in [3.05, 3.63) is 71.8 Å². The third kappa shape index (κ3) is 5.96. The number of allylic oxidation sites excluding steroid dienone is 8. The summed E-state index contributed by atoms with van der Waals surface area (Å²) < 4.78 is 5.88. The molecule has 1 atom stereocenters. The lowest BCUT2D eigenvalue weighted by Crippen LogP contribution is -2.39. The Bertz CT molecular complexity index is 1080. The van der Waals surface area contributed by atoms with Crippen LogP contribution in [0, 0.1) is 5.92 Å². The lowest BCUT2D eigenvalue weighted by Gasteiger charge is -2.28. The van der Waals surface area contributed by atoms with Crippen LogP contribution in [-0.2, 0) is 4.79 Å². The number of carbonyl (C=O) groups is 2. The molecule has 0 radical (unpaired) electrons. The third-order valence-electron chi connectivity index (χ3n) is 7.13. The Hall–Kier alpha value is -3.48. The van der Waals surface area contributed by atoms with Crippen molar-refractivity contribution in [2.45, 2.75) is 51.0 Å². The number of likely N-dealkylation sites (tertiary alicyclic amines) is 1. The number of hydrogen-bond acceptors (Lipinski definition) is 4. The van der Waals surface area contributed by atoms with Crippen LogP contribution in [0.4, 0.5) is 10.5 Å². The van der Waals surface area contributed by atoms with E-state index in [1.807, 2.05) is 54.4 Å². The first-order valence-electron chi connectivity index (χ1n) is 12.7. The van der Waals surface area contributed by atoms with E-state index in [0.29, 0.717) is 17.6 Å². The second-order valence-corrected chi connectivity index (χ2v) is 9.77. The average molecular weight is 475 g/mol. The van der Waals surface area contributed by atoms with Gasteiger partial charge in [-0.15, -0.1) is 0 Å². The number of rotatable bonds is 7. The van der Waals surface area contributed by atoms with Gasteiger partial charge in [0.2, 0.25) is 5.91 Å². The zero-order chi connectivity index (χ0) is 24.2. The van der Waals surface area contributed by atoms with E-state index in [9.17, 15) is 9.59 Å². The molecule has 7 heteroatoms. The second kappa shape index (κ2) is 10.4. The van der Waals surface area contributed by atoms with Gasteiger partial charge in [-0.2, -0.15) is 0 Å². The molecular weight excluding hydrogens is 440 g/mol. The fourth-order valence-corrected chi connectivity index (χ4v) is 4.84. The largest absolute Gasteiger partial charge is 0.462 e. The zero-order valence-electron chi connectivity index (χ0n) is 20.3. The van der Waals surface area contributed by atoms with Crippen molar-refractivity contribution in [3.8, 4) is 5.75 Å². The molecule has 1 aromatic rings. The molecule has 1 aromatic carbocycles. The molecule has 5 rings (SSSR count). The number of urea groups is 1. The van der Waals surface area contributed by atoms with E-state index in [0.717, 1.165) is 75.2 Å². The van der Waals surface area contributed by atoms with Crippen LogP contribution in [0.15, 0.2) is 71.8 Å². The van der Waals surface area contributed by atoms with E-state index in [1.165, 1.54) is 5.70 Å². The average Bonchev–Trinajstić information content (AvgIpc) is 3.62. The van der Waals surface area contributed by atoms with Gasteiger partial charge in [-0.1, -0.05) is 12.2 Å². The Morgan fingerprint density at radius 1 is 1.00 bits per heavy atom. The number of benzene rings is 1. The Balaban J connectivity index is 1.09. The molecule has 1 heterocycles. The van der Waals surface area contributed by atoms with Gasteiger partial charge in [-0.3, -0.25) is 4.79 Å². The Labute approximate surface area is 207 Å². The molecule has 4 aliphatic rings. The quantitative estimate of drug-likeness (QED) is 0.588. The summed E-state index contributed by atoms with van der Waals surface area (Å²) in [5.41, 5.74) is 2.90. The fraction of sp³-hybridized carbons (Fsp3) is 0.429. The Morgan fingerprint density at radius 3 is 2.51 bits per heavy atom. The van der Waals surface area contributed by atoms with E-state index < -0.39 is 0 Å². The molecule has 0 spiro atoms. The fourth-order valence-electron chi connectivity index (χ4n) is 4.84. The van der Waals surface area contributed by atoms with E-state index in [1.54, 1.807) is 0 Å². The summed E-state index contributed by atoms with van der Waals surface area (Å²) in [4.78, 5) is 29.2. The highest BCUT2D eigenvalue weighted by Crippen LogP contribution is 2.33. The van der Waals surface area contributed by atoms with Crippen LogP contribution in [0.3, 0.4) is 0 Å². The zero-order valence-corrected chi connectivity index (χ0v) is 20.3. The summed E-state index contributed by atoms with van der Waals surface area (Å²) in [5.74, 6) is 2.30. The molecule has 7 nitrogen and oxygen atoms in total. The lowest BCUT2D eigenvalue weighted by atomic mass is 10.1. The Kier molecular flexibility index (Phi) is 6.93. The van der Waals surface area contributed by atoms with Gasteiger partial charge in [-0.25, -0.2) is 4.79 Å². The van der Waals surface area contributed by atoms with Crippen LogP contribution in [-0.4, -0.2) is 47.9 Å². The minimum Gasteiger partial charge on any atom is -0.462 e. The predicted molar refractivity (Wildman–Crippen MR) is 137 cm³/mol. The molecule has 3 aliphatic carbocycles. The standard InChI is InChI=1S/C28H34N4O3/c1-31(27(33)20-7-8-20)24-17-18-32(19-24)23-13-9-21(10-14-23)29-28(34)30-22-11-15-26(16-12-22)35-25-5-3-2-4-6-25/h2-3,5,9,11-13,15-16,20,24H,4,6-8,10,14,17-19H2,1H3,(H2,29,30,34). The summed E-state index contributed by atoms with van der Waals surface area (Å²) in [6.07, 6.45) is 16.9. The number of carbonyl (C=O) groups excluding carboxylic acids is 2. The molecule has 0 bridgehead atoms. The SMILES string of the molecule is CN(C(=O)C1CC1)C1CCN(C2=CC=C(NC(=O)Nc3ccc(OC4=CC=CCC4)cc3)CC2)C1. The van der Waals surface area contributed by atoms with Crippen LogP contribution in [0.5, 0.6) is 5.75 Å². The van der Waals surface area contributed by atoms with E-state index in [-0.39, 0.29) is 11.9 Å². The summed E-state index contributed by atoms with van der Waals surface area (Å²) in [6, 6.07) is 7.46. The minimum atomic E-state index is -0.247. The predicted octanol–water partition coefficient (Wildman–Crippen LogP) is 4.93. The molecule has 2 fully saturated rings. The molecule has 1 unspecified atom stereocenters. The highest BCUT2D eigenvalue weighted by molar-refractivity contribution is 5.90. The summed E-state index contributed by atoms with van der Waals surface area (Å²) in [5, 5.41) is 5.86. The van der Waals surface area contributed by atoms with E-state index in [4.69, 9.17) is 4.74 Å². The molecule has 2 N–H and O–H groups in total. The van der Waals surface area contributed by atoms with Gasteiger partial charge in [0, 0.05) is 49.6 Å². The molecule has 1 saturated heterocycles. The van der Waals surface area contributed by atoms with Gasteiger partial charge in [-0.05, 0) is 81.0 Å². The molecular formula is C28H34N4O3.